The monoisotopic (exact) mass is 243 g/mol. The van der Waals surface area contributed by atoms with E-state index in [2.05, 4.69) is 8.83 Å². The van der Waals surface area contributed by atoms with Crippen LogP contribution < -0.4 is 0 Å². The largest absolute Gasteiger partial charge is 0.706 e. The summed E-state index contributed by atoms with van der Waals surface area (Å²) in [6.07, 6.45) is 1.03. The van der Waals surface area contributed by atoms with Gasteiger partial charge in [0.25, 0.3) is 0 Å². The highest BCUT2D eigenvalue weighted by Crippen LogP contribution is 2.57. The van der Waals surface area contributed by atoms with Crippen molar-refractivity contribution in [3.8, 4) is 0 Å². The summed E-state index contributed by atoms with van der Waals surface area (Å²) in [5.41, 5.74) is -0.470. The molecule has 0 amide bonds. The molecule has 2 unspecified atom stereocenters. The Balaban J connectivity index is 4.31. The summed E-state index contributed by atoms with van der Waals surface area (Å²) in [7, 11) is -6.27. The van der Waals surface area contributed by atoms with Gasteiger partial charge in [-0.2, -0.15) is 0 Å². The first kappa shape index (κ1) is 14.2. The molecule has 0 aromatic heterocycles. The first-order valence-corrected chi connectivity index (χ1v) is 7.34. The van der Waals surface area contributed by atoms with E-state index in [0.717, 1.165) is 0 Å². The Kier molecular flexibility index (Phi) is 6.75. The van der Waals surface area contributed by atoms with Crippen molar-refractivity contribution in [3.63, 3.8) is 0 Å². The molecular weight excluding hydrogens is 226 g/mol. The van der Waals surface area contributed by atoms with Gasteiger partial charge in [-0.15, -0.1) is 4.52 Å². The second-order valence-corrected chi connectivity index (χ2v) is 5.97. The molecule has 0 spiro atoms. The fourth-order valence-corrected chi connectivity index (χ4v) is 3.66. The molecule has 7 heteroatoms. The Hall–Kier alpha value is 0.210. The SMILES string of the molecule is CCO[P+](=O)OP(=O)(O)C(CC)CC. The topological polar surface area (TPSA) is 72.8 Å². The van der Waals surface area contributed by atoms with Gasteiger partial charge in [0.1, 0.15) is 6.61 Å². The van der Waals surface area contributed by atoms with Crippen molar-refractivity contribution in [1.29, 1.82) is 0 Å². The quantitative estimate of drug-likeness (QED) is 0.695. The summed E-state index contributed by atoms with van der Waals surface area (Å²) < 4.78 is 31.6. The van der Waals surface area contributed by atoms with E-state index in [9.17, 15) is 14.0 Å². The zero-order valence-corrected chi connectivity index (χ0v) is 10.5. The molecule has 0 aliphatic carbocycles. The molecule has 0 saturated heterocycles. The summed E-state index contributed by atoms with van der Waals surface area (Å²) in [6.45, 7) is 5.40. The molecule has 0 heterocycles. The van der Waals surface area contributed by atoms with E-state index < -0.39 is 21.5 Å². The summed E-state index contributed by atoms with van der Waals surface area (Å²) in [4.78, 5) is 9.44. The van der Waals surface area contributed by atoms with Gasteiger partial charge in [0.15, 0.2) is 0 Å². The molecule has 0 radical (unpaired) electrons. The van der Waals surface area contributed by atoms with Gasteiger partial charge in [-0.25, -0.2) is 0 Å². The molecule has 84 valence electrons. The normalized spacial score (nSPS) is 16.8. The zero-order chi connectivity index (χ0) is 11.2. The van der Waals surface area contributed by atoms with Gasteiger partial charge in [0.05, 0.1) is 5.66 Å². The van der Waals surface area contributed by atoms with Gasteiger partial charge >= 0.3 is 15.9 Å². The maximum Gasteiger partial charge on any atom is 0.706 e. The van der Waals surface area contributed by atoms with Crippen LogP contribution in [0.15, 0.2) is 0 Å². The summed E-state index contributed by atoms with van der Waals surface area (Å²) in [5.74, 6) is 0. The van der Waals surface area contributed by atoms with E-state index in [4.69, 9.17) is 0 Å². The minimum atomic E-state index is -3.80. The van der Waals surface area contributed by atoms with Crippen LogP contribution in [0.2, 0.25) is 0 Å². The van der Waals surface area contributed by atoms with Crippen LogP contribution in [-0.2, 0) is 18.0 Å². The Morgan fingerprint density at radius 1 is 1.36 bits per heavy atom. The van der Waals surface area contributed by atoms with E-state index in [1.54, 1.807) is 20.8 Å². The van der Waals surface area contributed by atoms with Crippen molar-refractivity contribution in [2.75, 3.05) is 6.61 Å². The van der Waals surface area contributed by atoms with Crippen LogP contribution in [0.4, 0.5) is 0 Å². The van der Waals surface area contributed by atoms with E-state index in [1.807, 2.05) is 0 Å². The molecule has 0 saturated carbocycles. The lowest BCUT2D eigenvalue weighted by molar-refractivity contribution is 0.281. The van der Waals surface area contributed by atoms with Gasteiger partial charge in [0, 0.05) is 4.57 Å². The van der Waals surface area contributed by atoms with Crippen molar-refractivity contribution < 1.29 is 22.9 Å². The van der Waals surface area contributed by atoms with Crippen molar-refractivity contribution in [1.82, 2.24) is 0 Å². The second kappa shape index (κ2) is 6.65. The fraction of sp³-hybridized carbons (Fsp3) is 1.00. The first-order chi connectivity index (χ1) is 6.47. The molecule has 0 aliphatic heterocycles. The predicted molar refractivity (Wildman–Crippen MR) is 54.5 cm³/mol. The summed E-state index contributed by atoms with van der Waals surface area (Å²) >= 11 is 0. The van der Waals surface area contributed by atoms with Crippen molar-refractivity contribution in [3.05, 3.63) is 0 Å². The summed E-state index contributed by atoms with van der Waals surface area (Å²) in [5, 5.41) is 0. The predicted octanol–water partition coefficient (Wildman–Crippen LogP) is 3.07. The lowest BCUT2D eigenvalue weighted by Gasteiger charge is -2.13. The van der Waals surface area contributed by atoms with Crippen molar-refractivity contribution >= 4 is 15.9 Å². The number of hydrogen-bond acceptors (Lipinski definition) is 4. The third-order valence-corrected chi connectivity index (χ3v) is 5.41. The van der Waals surface area contributed by atoms with E-state index in [0.29, 0.717) is 12.8 Å². The molecule has 5 nitrogen and oxygen atoms in total. The highest BCUT2D eigenvalue weighted by atomic mass is 31.2. The third-order valence-electron chi connectivity index (χ3n) is 1.82. The van der Waals surface area contributed by atoms with Crippen LogP contribution in [-0.4, -0.2) is 17.2 Å². The number of rotatable bonds is 7. The molecule has 0 aromatic rings. The third kappa shape index (κ3) is 4.63. The molecule has 0 fully saturated rings. The van der Waals surface area contributed by atoms with Crippen molar-refractivity contribution in [2.45, 2.75) is 39.3 Å². The molecular formula is C7H17O5P2+. The lowest BCUT2D eigenvalue weighted by atomic mass is 10.3. The maximum atomic E-state index is 11.5. The standard InChI is InChI=1S/C7H16O5P2/c1-4-7(5-2)14(9,10)12-13(8)11-6-3/h7H,4-6H2,1-3H3/p+1. The van der Waals surface area contributed by atoms with Gasteiger partial charge in [-0.05, 0) is 24.1 Å². The second-order valence-electron chi connectivity index (χ2n) is 2.76. The maximum absolute atomic E-state index is 11.5. The number of hydrogen-bond donors (Lipinski definition) is 1. The minimum absolute atomic E-state index is 0.193. The van der Waals surface area contributed by atoms with Crippen LogP contribution in [0.5, 0.6) is 0 Å². The summed E-state index contributed by atoms with van der Waals surface area (Å²) in [6, 6.07) is 0. The minimum Gasteiger partial charge on any atom is -0.322 e. The van der Waals surface area contributed by atoms with Crippen LogP contribution in [0.1, 0.15) is 33.6 Å². The molecule has 0 rings (SSSR count). The van der Waals surface area contributed by atoms with Gasteiger partial charge < -0.3 is 4.89 Å². The van der Waals surface area contributed by atoms with Crippen LogP contribution in [0.3, 0.4) is 0 Å². The lowest BCUT2D eigenvalue weighted by Crippen LogP contribution is -2.06. The smallest absolute Gasteiger partial charge is 0.322 e. The Morgan fingerprint density at radius 3 is 2.21 bits per heavy atom. The molecule has 2 atom stereocenters. The molecule has 0 bridgehead atoms. The molecule has 1 N–H and O–H groups in total. The Labute approximate surface area is 85.3 Å². The highest BCUT2D eigenvalue weighted by Gasteiger charge is 2.40. The average molecular weight is 243 g/mol. The van der Waals surface area contributed by atoms with Gasteiger partial charge in [-0.3, -0.25) is 4.57 Å². The Bertz CT molecular complexity index is 226. The van der Waals surface area contributed by atoms with E-state index >= 15 is 0 Å². The average Bonchev–Trinajstić information content (AvgIpc) is 2.04. The van der Waals surface area contributed by atoms with Crippen LogP contribution >= 0.6 is 15.9 Å². The first-order valence-electron chi connectivity index (χ1n) is 4.60. The van der Waals surface area contributed by atoms with Crippen molar-refractivity contribution in [2.24, 2.45) is 0 Å². The molecule has 0 aliphatic rings. The molecule has 0 aromatic carbocycles. The van der Waals surface area contributed by atoms with E-state index in [1.165, 1.54) is 0 Å². The van der Waals surface area contributed by atoms with Crippen LogP contribution in [0, 0.1) is 0 Å². The molecule has 14 heavy (non-hydrogen) atoms. The highest BCUT2D eigenvalue weighted by molar-refractivity contribution is 7.60. The van der Waals surface area contributed by atoms with Crippen LogP contribution in [0.25, 0.3) is 0 Å². The van der Waals surface area contributed by atoms with Gasteiger partial charge in [-0.1, -0.05) is 13.8 Å². The van der Waals surface area contributed by atoms with E-state index in [-0.39, 0.29) is 6.61 Å². The Morgan fingerprint density at radius 2 is 1.86 bits per heavy atom. The fourth-order valence-electron chi connectivity index (χ4n) is 1.04. The zero-order valence-electron chi connectivity index (χ0n) is 8.67. The van der Waals surface area contributed by atoms with Gasteiger partial charge in [0.2, 0.25) is 0 Å².